The first-order valence-corrected chi connectivity index (χ1v) is 11.6. The van der Waals surface area contributed by atoms with Crippen molar-refractivity contribution in [3.63, 3.8) is 0 Å². The number of anilines is 1. The highest BCUT2D eigenvalue weighted by atomic mass is 32.2. The summed E-state index contributed by atoms with van der Waals surface area (Å²) in [6.07, 6.45) is 0. The molecule has 1 amide bonds. The van der Waals surface area contributed by atoms with Crippen molar-refractivity contribution in [1.29, 1.82) is 0 Å². The third-order valence-electron chi connectivity index (χ3n) is 5.24. The molecule has 0 aliphatic heterocycles. The minimum absolute atomic E-state index is 0.104. The molecule has 0 atom stereocenters. The van der Waals surface area contributed by atoms with Gasteiger partial charge in [-0.05, 0) is 35.9 Å². The Morgan fingerprint density at radius 2 is 1.55 bits per heavy atom. The van der Waals surface area contributed by atoms with Crippen molar-refractivity contribution in [3.8, 4) is 0 Å². The maximum absolute atomic E-state index is 12.9. The molecule has 4 aromatic rings. The standard InChI is InChI=1S/C24H22N4O4S/c1-27(16-17-8-4-3-5-9-17)33(31,32)19-14-12-18(13-15-19)25-23(29)22-20-10-6-7-11-21(20)24(30)28(2)26-22/h3-15H,16H2,1-2H3,(H,25,29). The molecule has 1 N–H and O–H groups in total. The van der Waals surface area contributed by atoms with Gasteiger partial charge in [-0.2, -0.15) is 9.40 Å². The van der Waals surface area contributed by atoms with Crippen molar-refractivity contribution >= 4 is 32.4 Å². The molecule has 0 aliphatic carbocycles. The molecule has 1 heterocycles. The summed E-state index contributed by atoms with van der Waals surface area (Å²) in [6, 6.07) is 22.0. The number of sulfonamides is 1. The number of rotatable bonds is 6. The summed E-state index contributed by atoms with van der Waals surface area (Å²) in [7, 11) is -0.698. The van der Waals surface area contributed by atoms with E-state index < -0.39 is 15.9 Å². The second kappa shape index (κ2) is 8.97. The molecule has 0 radical (unpaired) electrons. The Labute approximate surface area is 191 Å². The SMILES string of the molecule is CN(Cc1ccccc1)S(=O)(=O)c1ccc(NC(=O)c2nn(C)c(=O)c3ccccc23)cc1. The van der Waals surface area contributed by atoms with Crippen LogP contribution < -0.4 is 10.9 Å². The number of nitrogens with one attached hydrogen (secondary N) is 1. The molecular formula is C24H22N4O4S. The zero-order valence-corrected chi connectivity index (χ0v) is 18.9. The summed E-state index contributed by atoms with van der Waals surface area (Å²) in [5.74, 6) is -0.501. The quantitative estimate of drug-likeness (QED) is 0.475. The van der Waals surface area contributed by atoms with Gasteiger partial charge in [-0.15, -0.1) is 0 Å². The van der Waals surface area contributed by atoms with E-state index in [9.17, 15) is 18.0 Å². The van der Waals surface area contributed by atoms with Crippen LogP contribution in [0.15, 0.2) is 88.6 Å². The highest BCUT2D eigenvalue weighted by molar-refractivity contribution is 7.89. The van der Waals surface area contributed by atoms with Crippen molar-refractivity contribution in [2.45, 2.75) is 11.4 Å². The van der Waals surface area contributed by atoms with Crippen LogP contribution in [-0.4, -0.2) is 35.5 Å². The van der Waals surface area contributed by atoms with E-state index in [0.29, 0.717) is 16.5 Å². The largest absolute Gasteiger partial charge is 0.321 e. The number of aromatic nitrogens is 2. The Hall–Kier alpha value is -3.82. The fraction of sp³-hybridized carbons (Fsp3) is 0.125. The van der Waals surface area contributed by atoms with Gasteiger partial charge in [0.05, 0.1) is 10.3 Å². The number of benzene rings is 3. The number of hydrogen-bond acceptors (Lipinski definition) is 5. The number of aryl methyl sites for hydroxylation is 1. The highest BCUT2D eigenvalue weighted by Crippen LogP contribution is 2.20. The monoisotopic (exact) mass is 462 g/mol. The number of nitrogens with zero attached hydrogens (tertiary/aromatic N) is 3. The highest BCUT2D eigenvalue weighted by Gasteiger charge is 2.21. The number of carbonyl (C=O) groups excluding carboxylic acids is 1. The molecule has 0 bridgehead atoms. The van der Waals surface area contributed by atoms with E-state index in [2.05, 4.69) is 10.4 Å². The summed E-state index contributed by atoms with van der Waals surface area (Å²) in [6.45, 7) is 0.243. The van der Waals surface area contributed by atoms with Gasteiger partial charge in [-0.3, -0.25) is 9.59 Å². The van der Waals surface area contributed by atoms with Crippen LogP contribution in [0.1, 0.15) is 16.1 Å². The minimum atomic E-state index is -3.70. The maximum atomic E-state index is 12.9. The lowest BCUT2D eigenvalue weighted by molar-refractivity contribution is 0.102. The van der Waals surface area contributed by atoms with Gasteiger partial charge in [0.2, 0.25) is 10.0 Å². The predicted molar refractivity (Wildman–Crippen MR) is 126 cm³/mol. The molecule has 0 saturated heterocycles. The first-order valence-electron chi connectivity index (χ1n) is 10.1. The molecule has 0 fully saturated rings. The average molecular weight is 463 g/mol. The van der Waals surface area contributed by atoms with Crippen molar-refractivity contribution < 1.29 is 13.2 Å². The normalized spacial score (nSPS) is 11.6. The Morgan fingerprint density at radius 1 is 0.939 bits per heavy atom. The van der Waals surface area contributed by atoms with Gasteiger partial charge in [0.25, 0.3) is 11.5 Å². The van der Waals surface area contributed by atoms with Crippen molar-refractivity contribution in [1.82, 2.24) is 14.1 Å². The minimum Gasteiger partial charge on any atom is -0.321 e. The summed E-state index contributed by atoms with van der Waals surface area (Å²) in [4.78, 5) is 25.3. The fourth-order valence-corrected chi connectivity index (χ4v) is 4.63. The number of hydrogen-bond donors (Lipinski definition) is 1. The molecule has 1 aromatic heterocycles. The van der Waals surface area contributed by atoms with Crippen LogP contribution >= 0.6 is 0 Å². The Bertz CT molecular complexity index is 1480. The van der Waals surface area contributed by atoms with Crippen molar-refractivity contribution in [3.05, 3.63) is 100 Å². The van der Waals surface area contributed by atoms with E-state index in [1.54, 1.807) is 24.3 Å². The topological polar surface area (TPSA) is 101 Å². The van der Waals surface area contributed by atoms with Crippen molar-refractivity contribution in [2.75, 3.05) is 12.4 Å². The van der Waals surface area contributed by atoms with Crippen LogP contribution in [0.5, 0.6) is 0 Å². The zero-order valence-electron chi connectivity index (χ0n) is 18.1. The number of fused-ring (bicyclic) bond motifs is 1. The van der Waals surface area contributed by atoms with Gasteiger partial charge in [-0.1, -0.05) is 48.5 Å². The fourth-order valence-electron chi connectivity index (χ4n) is 3.47. The molecule has 0 unspecified atom stereocenters. The lowest BCUT2D eigenvalue weighted by atomic mass is 10.1. The van der Waals surface area contributed by atoms with Gasteiger partial charge in [0, 0.05) is 31.7 Å². The average Bonchev–Trinajstić information content (AvgIpc) is 2.82. The smallest absolute Gasteiger partial charge is 0.276 e. The molecule has 3 aromatic carbocycles. The van der Waals surface area contributed by atoms with Crippen LogP contribution in [0.2, 0.25) is 0 Å². The van der Waals surface area contributed by atoms with E-state index in [4.69, 9.17) is 0 Å². The molecular weight excluding hydrogens is 440 g/mol. The third kappa shape index (κ3) is 4.55. The summed E-state index contributed by atoms with van der Waals surface area (Å²) >= 11 is 0. The molecule has 0 saturated carbocycles. The predicted octanol–water partition coefficient (Wildman–Crippen LogP) is 3.01. The Kier molecular flexibility index (Phi) is 6.08. The molecule has 33 heavy (non-hydrogen) atoms. The molecule has 9 heteroatoms. The van der Waals surface area contributed by atoms with Gasteiger partial charge < -0.3 is 5.32 Å². The zero-order chi connectivity index (χ0) is 23.6. The second-order valence-corrected chi connectivity index (χ2v) is 9.59. The number of amides is 1. The van der Waals surface area contributed by atoms with Gasteiger partial charge in [0.15, 0.2) is 5.69 Å². The lowest BCUT2D eigenvalue weighted by Crippen LogP contribution is -2.26. The van der Waals surface area contributed by atoms with Crippen LogP contribution in [-0.2, 0) is 23.6 Å². The van der Waals surface area contributed by atoms with Crippen molar-refractivity contribution in [2.24, 2.45) is 7.05 Å². The van der Waals surface area contributed by atoms with Crippen LogP contribution in [0, 0.1) is 0 Å². The van der Waals surface area contributed by atoms with Crippen LogP contribution in [0.3, 0.4) is 0 Å². The molecule has 4 rings (SSSR count). The van der Waals surface area contributed by atoms with Gasteiger partial charge in [-0.25, -0.2) is 13.1 Å². The molecule has 0 aliphatic rings. The molecule has 168 valence electrons. The van der Waals surface area contributed by atoms with Gasteiger partial charge >= 0.3 is 0 Å². The van der Waals surface area contributed by atoms with E-state index in [-0.39, 0.29) is 22.7 Å². The van der Waals surface area contributed by atoms with E-state index in [0.717, 1.165) is 10.2 Å². The first-order chi connectivity index (χ1) is 15.8. The summed E-state index contributed by atoms with van der Waals surface area (Å²) < 4.78 is 28.2. The van der Waals surface area contributed by atoms with E-state index in [1.807, 2.05) is 30.3 Å². The molecule has 0 spiro atoms. The second-order valence-electron chi connectivity index (χ2n) is 7.55. The maximum Gasteiger partial charge on any atom is 0.276 e. The van der Waals surface area contributed by atoms with Crippen LogP contribution in [0.4, 0.5) is 5.69 Å². The summed E-state index contributed by atoms with van der Waals surface area (Å²) in [5.41, 5.74) is 1.09. The van der Waals surface area contributed by atoms with E-state index in [1.165, 1.54) is 42.7 Å². The first kappa shape index (κ1) is 22.4. The Morgan fingerprint density at radius 3 is 2.21 bits per heavy atom. The molecule has 8 nitrogen and oxygen atoms in total. The summed E-state index contributed by atoms with van der Waals surface area (Å²) in [5, 5.41) is 7.66. The van der Waals surface area contributed by atoms with Gasteiger partial charge in [0.1, 0.15) is 0 Å². The lowest BCUT2D eigenvalue weighted by Gasteiger charge is -2.17. The third-order valence-corrected chi connectivity index (χ3v) is 7.06. The Balaban J connectivity index is 1.55. The van der Waals surface area contributed by atoms with Crippen LogP contribution in [0.25, 0.3) is 10.8 Å². The van der Waals surface area contributed by atoms with E-state index >= 15 is 0 Å². The number of carbonyl (C=O) groups is 1.